The van der Waals surface area contributed by atoms with Crippen molar-refractivity contribution in [2.45, 2.75) is 19.9 Å². The smallest absolute Gasteiger partial charge is 0.348 e. The molecule has 0 aliphatic carbocycles. The van der Waals surface area contributed by atoms with Crippen LogP contribution in [0.25, 0.3) is 33.5 Å². The van der Waals surface area contributed by atoms with E-state index in [1.165, 1.54) is 4.68 Å². The first-order chi connectivity index (χ1) is 15.9. The maximum Gasteiger partial charge on any atom is 0.348 e. The maximum atomic E-state index is 13.1. The van der Waals surface area contributed by atoms with E-state index in [0.717, 1.165) is 11.1 Å². The minimum atomic E-state index is -0.477. The van der Waals surface area contributed by atoms with Gasteiger partial charge in [-0.1, -0.05) is 12.1 Å². The largest absolute Gasteiger partial charge is 0.382 e. The number of nitrogens with one attached hydrogen (secondary N) is 1. The highest BCUT2D eigenvalue weighted by Crippen LogP contribution is 2.27. The Morgan fingerprint density at radius 2 is 2.00 bits per heavy atom. The summed E-state index contributed by atoms with van der Waals surface area (Å²) in [6.45, 7) is 4.07. The highest BCUT2D eigenvalue weighted by atomic mass is 16.2. The zero-order valence-electron chi connectivity index (χ0n) is 18.3. The van der Waals surface area contributed by atoms with Crippen LogP contribution >= 0.6 is 0 Å². The van der Waals surface area contributed by atoms with Gasteiger partial charge in [-0.3, -0.25) is 10.00 Å². The summed E-state index contributed by atoms with van der Waals surface area (Å²) < 4.78 is 4.88. The minimum absolute atomic E-state index is 0.169. The number of pyridine rings is 1. The second kappa shape index (κ2) is 7.86. The molecule has 1 aromatic carbocycles. The Balaban J connectivity index is 1.48. The lowest BCUT2D eigenvalue weighted by Crippen LogP contribution is -2.21. The molecule has 0 radical (unpaired) electrons. The van der Waals surface area contributed by atoms with Crippen LogP contribution in [0.2, 0.25) is 0 Å². The van der Waals surface area contributed by atoms with Gasteiger partial charge in [0.25, 0.3) is 0 Å². The van der Waals surface area contributed by atoms with E-state index >= 15 is 0 Å². The molecular formula is C22H22N10O. The average Bonchev–Trinajstić information content (AvgIpc) is 3.53. The molecule has 4 aromatic heterocycles. The molecule has 0 saturated carbocycles. The summed E-state index contributed by atoms with van der Waals surface area (Å²) in [5.74, 6) is 1.25. The van der Waals surface area contributed by atoms with Crippen LogP contribution in [0.15, 0.2) is 55.1 Å². The van der Waals surface area contributed by atoms with E-state index < -0.39 is 6.03 Å². The van der Waals surface area contributed by atoms with Crippen molar-refractivity contribution in [1.82, 2.24) is 39.3 Å². The molecule has 0 fully saturated rings. The van der Waals surface area contributed by atoms with Crippen LogP contribution in [0.3, 0.4) is 0 Å². The molecule has 5 rings (SSSR count). The van der Waals surface area contributed by atoms with Crippen molar-refractivity contribution in [2.24, 2.45) is 7.05 Å². The number of hydrogen-bond acceptors (Lipinski definition) is 7. The quantitative estimate of drug-likeness (QED) is 0.436. The number of carbonyl (C=O) groups excluding carboxylic acids is 1. The maximum absolute atomic E-state index is 13.1. The van der Waals surface area contributed by atoms with Crippen molar-refractivity contribution in [1.29, 1.82) is 0 Å². The number of anilines is 2. The lowest BCUT2D eigenvalue weighted by Gasteiger charge is -2.10. The van der Waals surface area contributed by atoms with Crippen molar-refractivity contribution in [3.8, 4) is 22.6 Å². The third-order valence-electron chi connectivity index (χ3n) is 5.28. The number of rotatable bonds is 4. The van der Waals surface area contributed by atoms with Gasteiger partial charge in [-0.2, -0.15) is 9.78 Å². The number of benzene rings is 1. The van der Waals surface area contributed by atoms with Gasteiger partial charge in [0.2, 0.25) is 0 Å². The molecule has 11 heteroatoms. The zero-order chi connectivity index (χ0) is 23.1. The van der Waals surface area contributed by atoms with Crippen LogP contribution in [-0.2, 0) is 7.05 Å². The molecule has 0 spiro atoms. The van der Waals surface area contributed by atoms with Crippen LogP contribution in [0.4, 0.5) is 16.4 Å². The lowest BCUT2D eigenvalue weighted by molar-refractivity contribution is 0.252. The third-order valence-corrected chi connectivity index (χ3v) is 5.28. The van der Waals surface area contributed by atoms with Crippen LogP contribution in [0.1, 0.15) is 19.9 Å². The number of aryl methyl sites for hydroxylation is 1. The Labute approximate surface area is 188 Å². The van der Waals surface area contributed by atoms with Gasteiger partial charge in [0.1, 0.15) is 17.8 Å². The predicted molar refractivity (Wildman–Crippen MR) is 124 cm³/mol. The first kappa shape index (κ1) is 20.4. The molecule has 11 nitrogen and oxygen atoms in total. The molecule has 166 valence electrons. The van der Waals surface area contributed by atoms with Gasteiger partial charge in [0.05, 0.1) is 11.7 Å². The lowest BCUT2D eigenvalue weighted by atomic mass is 10.1. The van der Waals surface area contributed by atoms with E-state index in [1.54, 1.807) is 29.3 Å². The topological polar surface area (TPSA) is 134 Å². The van der Waals surface area contributed by atoms with E-state index in [1.807, 2.05) is 55.9 Å². The van der Waals surface area contributed by atoms with Crippen molar-refractivity contribution in [3.05, 3.63) is 55.1 Å². The number of hydrogen-bond donors (Lipinski definition) is 2. The molecule has 0 atom stereocenters. The summed E-state index contributed by atoms with van der Waals surface area (Å²) >= 11 is 0. The second-order valence-electron chi connectivity index (χ2n) is 7.93. The number of nitrogens with zero attached hydrogens (tertiary/aromatic N) is 8. The molecule has 0 saturated heterocycles. The minimum Gasteiger partial charge on any atom is -0.382 e. The van der Waals surface area contributed by atoms with Crippen molar-refractivity contribution < 1.29 is 4.79 Å². The first-order valence-corrected chi connectivity index (χ1v) is 10.4. The van der Waals surface area contributed by atoms with Crippen LogP contribution < -0.4 is 11.1 Å². The Kier molecular flexibility index (Phi) is 4.85. The molecule has 5 aromatic rings. The highest BCUT2D eigenvalue weighted by Gasteiger charge is 2.17. The Morgan fingerprint density at radius 1 is 1.15 bits per heavy atom. The molecule has 0 unspecified atom stereocenters. The van der Waals surface area contributed by atoms with Gasteiger partial charge < -0.3 is 10.3 Å². The number of fused-ring (bicyclic) bond motifs is 1. The van der Waals surface area contributed by atoms with Crippen molar-refractivity contribution in [3.63, 3.8) is 0 Å². The number of nitrogens with two attached hydrogens (primary N) is 1. The van der Waals surface area contributed by atoms with Crippen LogP contribution in [0.5, 0.6) is 0 Å². The number of nitrogen functional groups attached to an aromatic ring is 1. The fraction of sp³-hybridized carbons (Fsp3) is 0.182. The number of carbonyl (C=O) groups is 1. The van der Waals surface area contributed by atoms with E-state index in [-0.39, 0.29) is 11.9 Å². The Hall–Kier alpha value is -4.54. The van der Waals surface area contributed by atoms with E-state index in [2.05, 4.69) is 30.7 Å². The van der Waals surface area contributed by atoms with Crippen molar-refractivity contribution in [2.75, 3.05) is 11.1 Å². The fourth-order valence-electron chi connectivity index (χ4n) is 3.64. The first-order valence-electron chi connectivity index (χ1n) is 10.4. The average molecular weight is 442 g/mol. The van der Waals surface area contributed by atoms with Gasteiger partial charge >= 0.3 is 6.03 Å². The fourth-order valence-corrected chi connectivity index (χ4v) is 3.64. The molecule has 1 amide bonds. The van der Waals surface area contributed by atoms with Gasteiger partial charge in [-0.25, -0.2) is 9.78 Å². The summed E-state index contributed by atoms with van der Waals surface area (Å²) in [7, 11) is 1.85. The van der Waals surface area contributed by atoms with E-state index in [9.17, 15) is 4.79 Å². The SMILES string of the molecule is CC(C)n1cnnc1-c1cccc(NC(=O)n2nc(N)c3ccc(-c4cnn(C)c4)cc32)n1. The zero-order valence-corrected chi connectivity index (χ0v) is 18.3. The van der Waals surface area contributed by atoms with Gasteiger partial charge in [0, 0.05) is 30.2 Å². The summed E-state index contributed by atoms with van der Waals surface area (Å²) in [4.78, 5) is 17.7. The highest BCUT2D eigenvalue weighted by molar-refractivity contribution is 6.01. The Bertz CT molecular complexity index is 1480. The van der Waals surface area contributed by atoms with Crippen LogP contribution in [-0.4, -0.2) is 45.3 Å². The molecular weight excluding hydrogens is 420 g/mol. The van der Waals surface area contributed by atoms with Crippen LogP contribution in [0, 0.1) is 0 Å². The van der Waals surface area contributed by atoms with Gasteiger partial charge in [-0.15, -0.1) is 15.3 Å². The van der Waals surface area contributed by atoms with Gasteiger partial charge in [0.15, 0.2) is 11.6 Å². The molecule has 0 aliphatic rings. The summed E-state index contributed by atoms with van der Waals surface area (Å²) in [5.41, 5.74) is 9.08. The molecule has 4 heterocycles. The molecule has 33 heavy (non-hydrogen) atoms. The van der Waals surface area contributed by atoms with E-state index in [0.29, 0.717) is 28.2 Å². The van der Waals surface area contributed by atoms with Crippen molar-refractivity contribution >= 4 is 28.6 Å². The number of aromatic nitrogens is 8. The van der Waals surface area contributed by atoms with Gasteiger partial charge in [-0.05, 0) is 43.7 Å². The normalized spacial score (nSPS) is 11.4. The Morgan fingerprint density at radius 3 is 2.76 bits per heavy atom. The standard InChI is InChI=1S/C22H22N10O/c1-13(2)31-12-24-28-21(31)17-5-4-6-19(26-17)27-22(33)32-18-9-14(15-10-25-30(3)11-15)7-8-16(18)20(23)29-32/h4-13H,1-3H3,(H2,23,29)(H,26,27,33). The predicted octanol–water partition coefficient (Wildman–Crippen LogP) is 3.33. The third kappa shape index (κ3) is 3.69. The van der Waals surface area contributed by atoms with E-state index in [4.69, 9.17) is 5.73 Å². The summed E-state index contributed by atoms with van der Waals surface area (Å²) in [6.07, 6.45) is 5.32. The molecule has 0 aliphatic heterocycles. The number of amides is 1. The molecule has 3 N–H and O–H groups in total. The molecule has 0 bridgehead atoms. The second-order valence-corrected chi connectivity index (χ2v) is 7.93. The monoisotopic (exact) mass is 442 g/mol. The summed E-state index contributed by atoms with van der Waals surface area (Å²) in [5, 5.41) is 20.1. The summed E-state index contributed by atoms with van der Waals surface area (Å²) in [6, 6.07) is 10.7.